The number of benzene rings is 1. The first-order chi connectivity index (χ1) is 9.79. The minimum Gasteiger partial charge on any atom is -0.462 e. The van der Waals surface area contributed by atoms with E-state index in [-0.39, 0.29) is 5.97 Å². The molecule has 20 heavy (non-hydrogen) atoms. The molecule has 5 heteroatoms. The van der Waals surface area contributed by atoms with Crippen LogP contribution < -0.4 is 4.72 Å². The predicted molar refractivity (Wildman–Crippen MR) is 79.0 cm³/mol. The van der Waals surface area contributed by atoms with Crippen LogP contribution in [0.2, 0.25) is 0 Å². The van der Waals surface area contributed by atoms with Crippen LogP contribution in [0.15, 0.2) is 56.9 Å². The molecule has 2 aromatic rings. The number of nitrogens with one attached hydrogen (secondary N) is 1. The monoisotopic (exact) mass is 288 g/mol. The normalized spacial score (nSPS) is 16.9. The van der Waals surface area contributed by atoms with Crippen LogP contribution in [0, 0.1) is 0 Å². The molecular weight excluding hydrogens is 274 g/mol. The molecule has 0 amide bonds. The zero-order chi connectivity index (χ0) is 13.9. The number of rotatable bonds is 3. The van der Waals surface area contributed by atoms with Gasteiger partial charge in [-0.25, -0.2) is 4.79 Å². The molecule has 0 fully saturated rings. The maximum atomic E-state index is 12.1. The van der Waals surface area contributed by atoms with Gasteiger partial charge in [0.05, 0.1) is 12.9 Å². The molecule has 0 spiro atoms. The lowest BCUT2D eigenvalue weighted by atomic mass is 10.3. The Morgan fingerprint density at radius 2 is 2.10 bits per heavy atom. The molecule has 0 saturated carbocycles. The molecule has 0 bridgehead atoms. The summed E-state index contributed by atoms with van der Waals surface area (Å²) in [7, 11) is 0. The van der Waals surface area contributed by atoms with Gasteiger partial charge in [0.1, 0.15) is 5.69 Å². The highest BCUT2D eigenvalue weighted by molar-refractivity contribution is 8.02. The topological polar surface area (TPSA) is 51.5 Å². The van der Waals surface area contributed by atoms with Gasteiger partial charge in [0.2, 0.25) is 0 Å². The van der Waals surface area contributed by atoms with Crippen molar-refractivity contribution in [1.82, 2.24) is 0 Å². The van der Waals surface area contributed by atoms with E-state index >= 15 is 0 Å². The van der Waals surface area contributed by atoms with Crippen molar-refractivity contribution >= 4 is 28.8 Å². The van der Waals surface area contributed by atoms with Crippen LogP contribution in [-0.4, -0.2) is 12.6 Å². The van der Waals surface area contributed by atoms with Crippen molar-refractivity contribution in [3.05, 3.63) is 53.3 Å². The molecule has 1 unspecified atom stereocenters. The Labute approximate surface area is 119 Å². The van der Waals surface area contributed by atoms with Gasteiger partial charge in [-0.2, -0.15) is 4.72 Å². The second-order valence-electron chi connectivity index (χ2n) is 4.15. The van der Waals surface area contributed by atoms with Gasteiger partial charge >= 0.3 is 5.97 Å². The minimum absolute atomic E-state index is 0.311. The van der Waals surface area contributed by atoms with Gasteiger partial charge in [-0.05, 0) is 19.1 Å². The number of hydrogen-bond acceptors (Lipinski definition) is 4. The van der Waals surface area contributed by atoms with Gasteiger partial charge in [-0.3, -0.25) is 0 Å². The predicted octanol–water partition coefficient (Wildman–Crippen LogP) is 3.20. The minimum atomic E-state index is -0.541. The zero-order valence-corrected chi connectivity index (χ0v) is 11.8. The van der Waals surface area contributed by atoms with E-state index in [1.165, 1.54) is 0 Å². The summed E-state index contributed by atoms with van der Waals surface area (Å²) in [5.74, 6) is 0.349. The van der Waals surface area contributed by atoms with Crippen LogP contribution in [0.4, 0.5) is 5.69 Å². The van der Waals surface area contributed by atoms with Gasteiger partial charge in [0.15, 0.2) is 21.7 Å². The Morgan fingerprint density at radius 3 is 2.85 bits per heavy atom. The summed E-state index contributed by atoms with van der Waals surface area (Å²) in [4.78, 5) is 13.8. The van der Waals surface area contributed by atoms with E-state index in [2.05, 4.69) is 4.72 Å². The molecular formula is C15H14NO3S+. The first-order valence-corrected chi connectivity index (χ1v) is 7.54. The molecule has 0 radical (unpaired) electrons. The average Bonchev–Trinajstić information content (AvgIpc) is 2.94. The van der Waals surface area contributed by atoms with Crippen molar-refractivity contribution in [2.45, 2.75) is 11.8 Å². The van der Waals surface area contributed by atoms with Crippen LogP contribution in [0.25, 0.3) is 6.08 Å². The molecule has 1 aliphatic heterocycles. The summed E-state index contributed by atoms with van der Waals surface area (Å²) in [6, 6.07) is 11.7. The zero-order valence-electron chi connectivity index (χ0n) is 11.0. The maximum Gasteiger partial charge on any atom is 0.390 e. The second-order valence-corrected chi connectivity index (χ2v) is 5.88. The third-order valence-corrected chi connectivity index (χ3v) is 4.74. The van der Waals surface area contributed by atoms with Crippen molar-refractivity contribution in [3.8, 4) is 0 Å². The molecule has 0 aliphatic carbocycles. The fourth-order valence-electron chi connectivity index (χ4n) is 1.95. The highest BCUT2D eigenvalue weighted by Gasteiger charge is 2.40. The van der Waals surface area contributed by atoms with Gasteiger partial charge in [-0.15, -0.1) is 0 Å². The van der Waals surface area contributed by atoms with E-state index in [4.69, 9.17) is 9.15 Å². The van der Waals surface area contributed by atoms with E-state index in [0.717, 1.165) is 10.6 Å². The van der Waals surface area contributed by atoms with Crippen molar-refractivity contribution in [2.24, 2.45) is 0 Å². The standard InChI is InChI=1S/C15H13NO3S/c1-2-18-15(17)14-10-13-12(8-9-19-13)16-20(14)11-6-4-3-5-7-11/h3-10H,2H2,1H3/p+1. The molecule has 1 atom stereocenters. The molecule has 2 heterocycles. The van der Waals surface area contributed by atoms with E-state index < -0.39 is 11.1 Å². The van der Waals surface area contributed by atoms with Crippen LogP contribution in [0.3, 0.4) is 0 Å². The molecule has 1 aliphatic rings. The number of ether oxygens (including phenoxy) is 1. The summed E-state index contributed by atoms with van der Waals surface area (Å²) in [5, 5.41) is 0. The Morgan fingerprint density at radius 1 is 1.30 bits per heavy atom. The smallest absolute Gasteiger partial charge is 0.390 e. The van der Waals surface area contributed by atoms with Crippen LogP contribution >= 0.6 is 0 Å². The summed E-state index contributed by atoms with van der Waals surface area (Å²) in [5.41, 5.74) is 0.894. The fraction of sp³-hybridized carbons (Fsp3) is 0.133. The van der Waals surface area contributed by atoms with Crippen molar-refractivity contribution in [3.63, 3.8) is 0 Å². The van der Waals surface area contributed by atoms with Crippen molar-refractivity contribution in [2.75, 3.05) is 11.3 Å². The Balaban J connectivity index is 2.02. The Bertz CT molecular complexity index is 648. The van der Waals surface area contributed by atoms with Crippen LogP contribution in [0.5, 0.6) is 0 Å². The molecule has 0 saturated heterocycles. The third kappa shape index (κ3) is 2.32. The second kappa shape index (κ2) is 5.46. The average molecular weight is 288 g/mol. The number of esters is 1. The molecule has 1 aromatic carbocycles. The summed E-state index contributed by atoms with van der Waals surface area (Å²) >= 11 is -0.541. The first-order valence-electron chi connectivity index (χ1n) is 6.32. The summed E-state index contributed by atoms with van der Waals surface area (Å²) in [6.07, 6.45) is 3.37. The number of furan rings is 1. The number of anilines is 1. The fourth-order valence-corrected chi connectivity index (χ4v) is 3.70. The van der Waals surface area contributed by atoms with Gasteiger partial charge < -0.3 is 9.15 Å². The summed E-state index contributed by atoms with van der Waals surface area (Å²) < 4.78 is 13.8. The number of carbonyl (C=O) groups excluding carboxylic acids is 1. The van der Waals surface area contributed by atoms with Gasteiger partial charge in [0.25, 0.3) is 4.91 Å². The third-order valence-electron chi connectivity index (χ3n) is 2.84. The van der Waals surface area contributed by atoms with Crippen LogP contribution in [-0.2, 0) is 20.6 Å². The SMILES string of the molecule is CCOC(=O)C1=Cc2occc2N[S+]1c1ccccc1. The molecule has 4 nitrogen and oxygen atoms in total. The largest absolute Gasteiger partial charge is 0.462 e. The Kier molecular flexibility index (Phi) is 3.52. The highest BCUT2D eigenvalue weighted by Crippen LogP contribution is 2.34. The Hall–Kier alpha value is -2.14. The molecule has 3 rings (SSSR count). The number of fused-ring (bicyclic) bond motifs is 1. The summed E-state index contributed by atoms with van der Waals surface area (Å²) in [6.45, 7) is 2.15. The van der Waals surface area contributed by atoms with Crippen molar-refractivity contribution in [1.29, 1.82) is 0 Å². The molecule has 102 valence electrons. The number of carbonyl (C=O) groups is 1. The van der Waals surface area contributed by atoms with Gasteiger partial charge in [-0.1, -0.05) is 18.2 Å². The highest BCUT2D eigenvalue weighted by atomic mass is 32.2. The lowest BCUT2D eigenvalue weighted by Crippen LogP contribution is -2.25. The van der Waals surface area contributed by atoms with E-state index in [1.54, 1.807) is 19.3 Å². The number of hydrogen-bond donors (Lipinski definition) is 1. The van der Waals surface area contributed by atoms with E-state index in [9.17, 15) is 4.79 Å². The molecule has 1 aromatic heterocycles. The first kappa shape index (κ1) is 12.9. The lowest BCUT2D eigenvalue weighted by molar-refractivity contribution is -0.137. The lowest BCUT2D eigenvalue weighted by Gasteiger charge is -2.14. The van der Waals surface area contributed by atoms with E-state index in [0.29, 0.717) is 17.3 Å². The van der Waals surface area contributed by atoms with Gasteiger partial charge in [0, 0.05) is 12.1 Å². The maximum absolute atomic E-state index is 12.1. The molecule has 1 N–H and O–H groups in total. The quantitative estimate of drug-likeness (QED) is 0.696. The van der Waals surface area contributed by atoms with Crippen LogP contribution in [0.1, 0.15) is 12.7 Å². The van der Waals surface area contributed by atoms with Crippen molar-refractivity contribution < 1.29 is 13.9 Å². The van der Waals surface area contributed by atoms with E-state index in [1.807, 2.05) is 36.4 Å².